The van der Waals surface area contributed by atoms with E-state index in [1.54, 1.807) is 6.20 Å². The zero-order valence-corrected chi connectivity index (χ0v) is 14.2. The van der Waals surface area contributed by atoms with Gasteiger partial charge >= 0.3 is 0 Å². The number of rotatable bonds is 4. The minimum Gasteiger partial charge on any atom is -0.310 e. The molecule has 0 bridgehead atoms. The Kier molecular flexibility index (Phi) is 4.69. The van der Waals surface area contributed by atoms with Gasteiger partial charge in [0.1, 0.15) is 10.4 Å². The molecule has 0 radical (unpaired) electrons. The van der Waals surface area contributed by atoms with Crippen LogP contribution >= 0.6 is 15.9 Å². The minimum atomic E-state index is 0.0170. The molecule has 0 saturated heterocycles. The van der Waals surface area contributed by atoms with Crippen LogP contribution in [0.5, 0.6) is 0 Å². The van der Waals surface area contributed by atoms with Gasteiger partial charge < -0.3 is 4.98 Å². The number of nitrogens with zero attached hydrogens (tertiary/aromatic N) is 3. The first-order valence-electron chi connectivity index (χ1n) is 7.60. The van der Waals surface area contributed by atoms with E-state index in [0.717, 1.165) is 59.6 Å². The van der Waals surface area contributed by atoms with E-state index in [-0.39, 0.29) is 5.56 Å². The molecule has 0 aromatic carbocycles. The molecule has 2 aromatic rings. The average molecular weight is 363 g/mol. The number of aryl methyl sites for hydroxylation is 1. The van der Waals surface area contributed by atoms with E-state index in [2.05, 4.69) is 48.8 Å². The lowest BCUT2D eigenvalue weighted by Crippen LogP contribution is -2.35. The number of aromatic nitrogens is 3. The lowest BCUT2D eigenvalue weighted by Gasteiger charge is -2.27. The van der Waals surface area contributed by atoms with E-state index in [1.165, 1.54) is 0 Å². The maximum Gasteiger partial charge on any atom is 0.255 e. The summed E-state index contributed by atoms with van der Waals surface area (Å²) in [5.74, 6) is 0.815. The smallest absolute Gasteiger partial charge is 0.255 e. The summed E-state index contributed by atoms with van der Waals surface area (Å²) in [4.78, 5) is 26.3. The highest BCUT2D eigenvalue weighted by Gasteiger charge is 2.21. The van der Waals surface area contributed by atoms with Crippen LogP contribution in [-0.2, 0) is 25.9 Å². The van der Waals surface area contributed by atoms with Crippen LogP contribution in [-0.4, -0.2) is 26.4 Å². The summed E-state index contributed by atoms with van der Waals surface area (Å²) >= 11 is 3.48. The van der Waals surface area contributed by atoms with Crippen molar-refractivity contribution in [3.63, 3.8) is 0 Å². The summed E-state index contributed by atoms with van der Waals surface area (Å²) in [6, 6.07) is 3.99. The number of fused-ring (bicyclic) bond motifs is 1. The highest BCUT2D eigenvalue weighted by atomic mass is 79.9. The van der Waals surface area contributed by atoms with Crippen molar-refractivity contribution in [1.29, 1.82) is 0 Å². The fourth-order valence-corrected chi connectivity index (χ4v) is 3.18. The number of aromatic amines is 1. The molecule has 3 rings (SSSR count). The lowest BCUT2D eigenvalue weighted by atomic mass is 10.1. The molecule has 22 heavy (non-hydrogen) atoms. The second kappa shape index (κ2) is 6.71. The summed E-state index contributed by atoms with van der Waals surface area (Å²) in [6.07, 6.45) is 4.41. The quantitative estimate of drug-likeness (QED) is 0.848. The minimum absolute atomic E-state index is 0.0170. The Balaban J connectivity index is 1.79. The second-order valence-corrected chi connectivity index (χ2v) is 6.35. The van der Waals surface area contributed by atoms with Crippen LogP contribution in [0.4, 0.5) is 0 Å². The van der Waals surface area contributed by atoms with E-state index in [4.69, 9.17) is 0 Å². The van der Waals surface area contributed by atoms with Crippen LogP contribution in [0.15, 0.2) is 27.7 Å². The van der Waals surface area contributed by atoms with Gasteiger partial charge in [-0.3, -0.25) is 9.69 Å². The number of hydrogen-bond acceptors (Lipinski definition) is 4. The standard InChI is InChI=1S/C16H19BrN4O/c1-2-4-14-19-13-6-8-21(10-12(13)16(22)20-14)9-11-5-3-7-18-15(11)17/h3,5,7H,2,4,6,8-10H2,1H3,(H,19,20,22). The van der Waals surface area contributed by atoms with Gasteiger partial charge in [-0.05, 0) is 34.0 Å². The molecule has 2 aromatic heterocycles. The van der Waals surface area contributed by atoms with Crippen molar-refractivity contribution in [1.82, 2.24) is 19.9 Å². The Morgan fingerprint density at radius 1 is 1.45 bits per heavy atom. The number of H-pyrrole nitrogens is 1. The Bertz CT molecular complexity index is 728. The molecule has 0 fully saturated rings. The fraction of sp³-hybridized carbons (Fsp3) is 0.438. The summed E-state index contributed by atoms with van der Waals surface area (Å²) in [5, 5.41) is 0. The van der Waals surface area contributed by atoms with Gasteiger partial charge in [0.15, 0.2) is 0 Å². The first-order chi connectivity index (χ1) is 10.7. The van der Waals surface area contributed by atoms with E-state index in [9.17, 15) is 4.79 Å². The van der Waals surface area contributed by atoms with E-state index in [1.807, 2.05) is 6.07 Å². The molecule has 116 valence electrons. The van der Waals surface area contributed by atoms with Gasteiger partial charge in [0.2, 0.25) is 0 Å². The molecule has 5 nitrogen and oxygen atoms in total. The first-order valence-corrected chi connectivity index (χ1v) is 8.39. The van der Waals surface area contributed by atoms with Crippen molar-refractivity contribution in [3.05, 3.63) is 55.9 Å². The highest BCUT2D eigenvalue weighted by Crippen LogP contribution is 2.20. The van der Waals surface area contributed by atoms with Crippen LogP contribution in [0.3, 0.4) is 0 Å². The molecule has 0 atom stereocenters. The first kappa shape index (κ1) is 15.4. The van der Waals surface area contributed by atoms with Crippen molar-refractivity contribution < 1.29 is 0 Å². The van der Waals surface area contributed by atoms with Crippen LogP contribution in [0.1, 0.15) is 36.0 Å². The monoisotopic (exact) mass is 362 g/mol. The maximum absolute atomic E-state index is 12.3. The van der Waals surface area contributed by atoms with Gasteiger partial charge in [-0.1, -0.05) is 13.0 Å². The largest absolute Gasteiger partial charge is 0.310 e. The summed E-state index contributed by atoms with van der Waals surface area (Å²) in [5.41, 5.74) is 2.93. The predicted molar refractivity (Wildman–Crippen MR) is 88.6 cm³/mol. The van der Waals surface area contributed by atoms with Gasteiger partial charge in [0.05, 0.1) is 11.3 Å². The Morgan fingerprint density at radius 2 is 2.32 bits per heavy atom. The molecule has 0 aliphatic carbocycles. The molecule has 0 spiro atoms. The van der Waals surface area contributed by atoms with E-state index in [0.29, 0.717) is 6.54 Å². The molecule has 0 unspecified atom stereocenters. The van der Waals surface area contributed by atoms with Crippen LogP contribution in [0.2, 0.25) is 0 Å². The number of hydrogen-bond donors (Lipinski definition) is 1. The Morgan fingerprint density at radius 3 is 3.09 bits per heavy atom. The molecule has 0 saturated carbocycles. The molecule has 0 amide bonds. The molecular weight excluding hydrogens is 344 g/mol. The number of pyridine rings is 1. The van der Waals surface area contributed by atoms with Crippen molar-refractivity contribution in [2.45, 2.75) is 39.3 Å². The number of nitrogens with one attached hydrogen (secondary N) is 1. The zero-order valence-electron chi connectivity index (χ0n) is 12.6. The molecule has 1 aliphatic heterocycles. The van der Waals surface area contributed by atoms with Gasteiger partial charge in [0, 0.05) is 38.7 Å². The average Bonchev–Trinajstić information content (AvgIpc) is 2.51. The third-order valence-electron chi connectivity index (χ3n) is 3.91. The summed E-state index contributed by atoms with van der Waals surface area (Å²) in [6.45, 7) is 4.43. The summed E-state index contributed by atoms with van der Waals surface area (Å²) < 4.78 is 0.867. The van der Waals surface area contributed by atoms with Crippen molar-refractivity contribution in [3.8, 4) is 0 Å². The third kappa shape index (κ3) is 3.28. The van der Waals surface area contributed by atoms with E-state index < -0.39 is 0 Å². The van der Waals surface area contributed by atoms with Gasteiger partial charge in [0.25, 0.3) is 5.56 Å². The molecule has 1 N–H and O–H groups in total. The van der Waals surface area contributed by atoms with Gasteiger partial charge in [-0.25, -0.2) is 9.97 Å². The fourth-order valence-electron chi connectivity index (χ4n) is 2.80. The Labute approximate surface area is 137 Å². The van der Waals surface area contributed by atoms with Gasteiger partial charge in [-0.2, -0.15) is 0 Å². The number of halogens is 1. The van der Waals surface area contributed by atoms with Crippen molar-refractivity contribution in [2.24, 2.45) is 0 Å². The van der Waals surface area contributed by atoms with Crippen molar-refractivity contribution >= 4 is 15.9 Å². The maximum atomic E-state index is 12.3. The van der Waals surface area contributed by atoms with Crippen LogP contribution in [0, 0.1) is 0 Å². The zero-order chi connectivity index (χ0) is 15.5. The topological polar surface area (TPSA) is 61.9 Å². The molecule has 1 aliphatic rings. The van der Waals surface area contributed by atoms with Crippen LogP contribution < -0.4 is 5.56 Å². The Hall–Kier alpha value is -1.53. The lowest BCUT2D eigenvalue weighted by molar-refractivity contribution is 0.240. The predicted octanol–water partition coefficient (Wildman–Crippen LogP) is 2.44. The molecule has 6 heteroatoms. The molecular formula is C16H19BrN4O. The highest BCUT2D eigenvalue weighted by molar-refractivity contribution is 9.10. The normalized spacial score (nSPS) is 14.8. The SMILES string of the molecule is CCCc1nc2c(c(=O)[nH]1)CN(Cc1cccnc1Br)CC2. The van der Waals surface area contributed by atoms with Crippen molar-refractivity contribution in [2.75, 3.05) is 6.54 Å². The van der Waals surface area contributed by atoms with E-state index >= 15 is 0 Å². The third-order valence-corrected chi connectivity index (χ3v) is 4.63. The van der Waals surface area contributed by atoms with Gasteiger partial charge in [-0.15, -0.1) is 0 Å². The molecule has 3 heterocycles. The second-order valence-electron chi connectivity index (χ2n) is 5.60. The van der Waals surface area contributed by atoms with Crippen LogP contribution in [0.25, 0.3) is 0 Å². The summed E-state index contributed by atoms with van der Waals surface area (Å²) in [7, 11) is 0.